The van der Waals surface area contributed by atoms with Crippen molar-refractivity contribution in [2.45, 2.75) is 19.9 Å². The van der Waals surface area contributed by atoms with Crippen LogP contribution < -0.4 is 5.73 Å². The van der Waals surface area contributed by atoms with Crippen LogP contribution in [0.25, 0.3) is 0 Å². The van der Waals surface area contributed by atoms with E-state index in [0.717, 1.165) is 0 Å². The van der Waals surface area contributed by atoms with E-state index in [2.05, 4.69) is 0 Å². The molecule has 6 nitrogen and oxygen atoms in total. The first-order chi connectivity index (χ1) is 6.88. The normalized spacial score (nSPS) is 13.0. The van der Waals surface area contributed by atoms with E-state index in [4.69, 9.17) is 15.3 Å². The molecule has 0 radical (unpaired) electrons. The van der Waals surface area contributed by atoms with Gasteiger partial charge < -0.3 is 15.3 Å². The van der Waals surface area contributed by atoms with Crippen LogP contribution >= 0.6 is 12.4 Å². The molecule has 92 valence electrons. The summed E-state index contributed by atoms with van der Waals surface area (Å²) in [6, 6.07) is 2.14. The van der Waals surface area contributed by atoms with Gasteiger partial charge in [0, 0.05) is 5.41 Å². The molecule has 1 aromatic heterocycles. The lowest BCUT2D eigenvalue weighted by Crippen LogP contribution is -2.32. The molecule has 0 saturated carbocycles. The quantitative estimate of drug-likeness (QED) is 0.624. The van der Waals surface area contributed by atoms with Gasteiger partial charge in [0.05, 0.1) is 18.7 Å². The number of aliphatic hydroxyl groups is 1. The van der Waals surface area contributed by atoms with Crippen molar-refractivity contribution in [1.82, 2.24) is 0 Å². The zero-order chi connectivity index (χ0) is 11.6. The van der Waals surface area contributed by atoms with Crippen molar-refractivity contribution in [3.8, 4) is 0 Å². The lowest BCUT2D eigenvalue weighted by atomic mass is 9.84. The molecule has 0 bridgehead atoms. The fourth-order valence-corrected chi connectivity index (χ4v) is 1.09. The van der Waals surface area contributed by atoms with E-state index < -0.39 is 16.4 Å². The molecule has 0 spiro atoms. The minimum atomic E-state index is -0.623. The van der Waals surface area contributed by atoms with Crippen LogP contribution in [-0.4, -0.2) is 16.6 Å². The highest BCUT2D eigenvalue weighted by molar-refractivity contribution is 5.85. The molecule has 1 rings (SSSR count). The second kappa shape index (κ2) is 5.29. The Morgan fingerprint density at radius 1 is 1.62 bits per heavy atom. The Kier molecular flexibility index (Phi) is 4.92. The Bertz CT molecular complexity index is 364. The first kappa shape index (κ1) is 14.9. The molecular weight excluding hydrogens is 236 g/mol. The SMILES string of the molecule is CC(C)(CO)[C@@H](N)c1ccc([N+](=O)[O-])o1.Cl. The van der Waals surface area contributed by atoms with Crippen molar-refractivity contribution >= 4 is 18.3 Å². The molecule has 7 heteroatoms. The van der Waals surface area contributed by atoms with Crippen molar-refractivity contribution in [2.24, 2.45) is 11.1 Å². The lowest BCUT2D eigenvalue weighted by molar-refractivity contribution is -0.402. The largest absolute Gasteiger partial charge is 0.433 e. The average Bonchev–Trinajstić information content (AvgIpc) is 2.65. The smallest absolute Gasteiger partial charge is 0.404 e. The van der Waals surface area contributed by atoms with Gasteiger partial charge in [-0.05, 0) is 6.07 Å². The monoisotopic (exact) mass is 250 g/mol. The Labute approximate surface area is 99.0 Å². The zero-order valence-electron chi connectivity index (χ0n) is 9.04. The van der Waals surface area contributed by atoms with Gasteiger partial charge in [-0.2, -0.15) is 0 Å². The molecule has 0 fully saturated rings. The van der Waals surface area contributed by atoms with Gasteiger partial charge >= 0.3 is 5.88 Å². The summed E-state index contributed by atoms with van der Waals surface area (Å²) in [4.78, 5) is 9.75. The van der Waals surface area contributed by atoms with Crippen molar-refractivity contribution in [3.05, 3.63) is 28.0 Å². The van der Waals surface area contributed by atoms with Gasteiger partial charge in [0.1, 0.15) is 10.7 Å². The maximum absolute atomic E-state index is 10.4. The summed E-state index contributed by atoms with van der Waals surface area (Å²) in [6.45, 7) is 3.39. The Morgan fingerprint density at radius 2 is 2.19 bits per heavy atom. The highest BCUT2D eigenvalue weighted by Crippen LogP contribution is 2.32. The first-order valence-electron chi connectivity index (χ1n) is 4.49. The lowest BCUT2D eigenvalue weighted by Gasteiger charge is -2.27. The Hall–Kier alpha value is -1.11. The number of nitro groups is 1. The van der Waals surface area contributed by atoms with Crippen LogP contribution in [0.15, 0.2) is 16.5 Å². The molecular formula is C9H15ClN2O4. The minimum absolute atomic E-state index is 0. The van der Waals surface area contributed by atoms with Gasteiger partial charge in [0.2, 0.25) is 0 Å². The topological polar surface area (TPSA) is 103 Å². The third kappa shape index (κ3) is 2.94. The van der Waals surface area contributed by atoms with E-state index in [1.54, 1.807) is 13.8 Å². The van der Waals surface area contributed by atoms with Gasteiger partial charge in [-0.25, -0.2) is 0 Å². The van der Waals surface area contributed by atoms with Crippen LogP contribution in [0.4, 0.5) is 5.88 Å². The molecule has 0 aliphatic carbocycles. The number of halogens is 1. The molecule has 1 aromatic rings. The number of hydrogen-bond acceptors (Lipinski definition) is 5. The molecule has 1 heterocycles. The molecule has 16 heavy (non-hydrogen) atoms. The van der Waals surface area contributed by atoms with Crippen molar-refractivity contribution in [3.63, 3.8) is 0 Å². The van der Waals surface area contributed by atoms with Gasteiger partial charge in [-0.1, -0.05) is 13.8 Å². The third-order valence-electron chi connectivity index (χ3n) is 2.35. The van der Waals surface area contributed by atoms with Gasteiger partial charge in [0.15, 0.2) is 0 Å². The fourth-order valence-electron chi connectivity index (χ4n) is 1.09. The van der Waals surface area contributed by atoms with E-state index >= 15 is 0 Å². The van der Waals surface area contributed by atoms with E-state index in [1.165, 1.54) is 12.1 Å². The van der Waals surface area contributed by atoms with Crippen LogP contribution in [0.5, 0.6) is 0 Å². The van der Waals surface area contributed by atoms with Crippen LogP contribution in [0.1, 0.15) is 25.6 Å². The summed E-state index contributed by atoms with van der Waals surface area (Å²) in [5.41, 5.74) is 5.24. The predicted octanol–water partition coefficient (Wildman–Crippen LogP) is 1.63. The van der Waals surface area contributed by atoms with Crippen LogP contribution in [0.3, 0.4) is 0 Å². The molecule has 0 aliphatic heterocycles. The van der Waals surface area contributed by atoms with E-state index in [1.807, 2.05) is 0 Å². The maximum Gasteiger partial charge on any atom is 0.433 e. The van der Waals surface area contributed by atoms with Crippen molar-refractivity contribution < 1.29 is 14.4 Å². The average molecular weight is 251 g/mol. The van der Waals surface area contributed by atoms with Crippen LogP contribution in [0, 0.1) is 15.5 Å². The second-order valence-electron chi connectivity index (χ2n) is 4.06. The number of nitrogens with two attached hydrogens (primary N) is 1. The first-order valence-corrected chi connectivity index (χ1v) is 4.49. The number of hydrogen-bond donors (Lipinski definition) is 2. The molecule has 0 saturated heterocycles. The van der Waals surface area contributed by atoms with Crippen molar-refractivity contribution in [2.75, 3.05) is 6.61 Å². The summed E-state index contributed by atoms with van der Waals surface area (Å²) < 4.78 is 4.96. The highest BCUT2D eigenvalue weighted by atomic mass is 35.5. The Morgan fingerprint density at radius 3 is 2.56 bits per heavy atom. The summed E-state index contributed by atoms with van der Waals surface area (Å²) >= 11 is 0. The number of nitrogens with zero attached hydrogens (tertiary/aromatic N) is 1. The predicted molar refractivity (Wildman–Crippen MR) is 60.4 cm³/mol. The zero-order valence-corrected chi connectivity index (χ0v) is 9.86. The summed E-state index contributed by atoms with van der Waals surface area (Å²) in [6.07, 6.45) is 0. The summed E-state index contributed by atoms with van der Waals surface area (Å²) in [5, 5.41) is 19.5. The molecule has 0 aliphatic rings. The van der Waals surface area contributed by atoms with Crippen LogP contribution in [-0.2, 0) is 0 Å². The third-order valence-corrected chi connectivity index (χ3v) is 2.35. The standard InChI is InChI=1S/C9H14N2O4.ClH/c1-9(2,5-12)8(10)6-3-4-7(15-6)11(13)14;/h3-4,8,12H,5,10H2,1-2H3;1H/t8-;/m0./s1. The highest BCUT2D eigenvalue weighted by Gasteiger charge is 2.30. The molecule has 0 unspecified atom stereocenters. The molecule has 0 amide bonds. The fraction of sp³-hybridized carbons (Fsp3) is 0.556. The van der Waals surface area contributed by atoms with Crippen molar-refractivity contribution in [1.29, 1.82) is 0 Å². The number of rotatable bonds is 4. The summed E-state index contributed by atoms with van der Waals surface area (Å²) in [5.74, 6) is -0.0325. The van der Waals surface area contributed by atoms with Gasteiger partial charge in [-0.15, -0.1) is 12.4 Å². The second-order valence-corrected chi connectivity index (χ2v) is 4.06. The van der Waals surface area contributed by atoms with Crippen LogP contribution in [0.2, 0.25) is 0 Å². The van der Waals surface area contributed by atoms with E-state index in [9.17, 15) is 10.1 Å². The van der Waals surface area contributed by atoms with Gasteiger partial charge in [-0.3, -0.25) is 10.1 Å². The molecule has 0 aromatic carbocycles. The maximum atomic E-state index is 10.4. The van der Waals surface area contributed by atoms with Gasteiger partial charge in [0.25, 0.3) is 0 Å². The molecule has 3 N–H and O–H groups in total. The number of aliphatic hydroxyl groups excluding tert-OH is 1. The number of furan rings is 1. The molecule has 1 atom stereocenters. The van der Waals surface area contributed by atoms with E-state index in [-0.39, 0.29) is 24.9 Å². The minimum Gasteiger partial charge on any atom is -0.404 e. The Balaban J connectivity index is 0.00000225. The summed E-state index contributed by atoms with van der Waals surface area (Å²) in [7, 11) is 0. The van der Waals surface area contributed by atoms with E-state index in [0.29, 0.717) is 5.76 Å².